The molecule has 2 aliphatic carbocycles. The molecule has 1 N–H and O–H groups in total. The van der Waals surface area contributed by atoms with E-state index in [1.165, 1.54) is 0 Å². The first-order valence-corrected chi connectivity index (χ1v) is 14.6. The number of Topliss-reactive ketones (excluding diaryl/α,β-unsaturated/α-hetero) is 2. The van der Waals surface area contributed by atoms with Gasteiger partial charge in [-0.3, -0.25) is 9.59 Å². The van der Waals surface area contributed by atoms with Crippen molar-refractivity contribution in [1.82, 2.24) is 5.32 Å². The van der Waals surface area contributed by atoms with Crippen molar-refractivity contribution >= 4 is 33.9 Å². The quantitative estimate of drug-likeness (QED) is 0.337. The molecule has 0 saturated carbocycles. The first-order valence-electron chi connectivity index (χ1n) is 14.2. The molecular weight excluding hydrogens is 534 g/mol. The number of nitrogens with one attached hydrogen (secondary N) is 1. The van der Waals surface area contributed by atoms with Gasteiger partial charge in [-0.1, -0.05) is 81.8 Å². The van der Waals surface area contributed by atoms with Crippen LogP contribution in [0, 0.1) is 10.8 Å². The van der Waals surface area contributed by atoms with Crippen molar-refractivity contribution in [3.8, 4) is 11.5 Å². The lowest BCUT2D eigenvalue weighted by atomic mass is 9.64. The molecule has 0 saturated heterocycles. The maximum absolute atomic E-state index is 13.7. The normalized spacial score (nSPS) is 20.0. The van der Waals surface area contributed by atoms with Crippen LogP contribution in [-0.4, -0.2) is 18.7 Å². The van der Waals surface area contributed by atoms with Crippen LogP contribution in [0.15, 0.2) is 77.1 Å². The Hall–Kier alpha value is -3.57. The summed E-state index contributed by atoms with van der Waals surface area (Å²) in [5.74, 6) is 0.568. The summed E-state index contributed by atoms with van der Waals surface area (Å²) in [4.78, 5) is 27.4. The SMILES string of the molecule is COc1cc(C2C3=C(CC(C)(C)CC3=O)NC3=C2C(=O)CC(C)(C)C3)cc(Cl)c1OCc1cccc2ccccc12. The number of rotatable bonds is 5. The van der Waals surface area contributed by atoms with Crippen LogP contribution in [0.25, 0.3) is 10.8 Å². The maximum atomic E-state index is 13.7. The zero-order valence-electron chi connectivity index (χ0n) is 24.3. The second-order valence-electron chi connectivity index (χ2n) is 13.2. The number of carbonyl (C=O) groups excluding carboxylic acids is 2. The third kappa shape index (κ3) is 5.05. The van der Waals surface area contributed by atoms with Crippen molar-refractivity contribution in [3.63, 3.8) is 0 Å². The lowest BCUT2D eigenvalue weighted by molar-refractivity contribution is -0.119. The fraction of sp³-hybridized carbons (Fsp3) is 0.371. The van der Waals surface area contributed by atoms with Crippen molar-refractivity contribution in [3.05, 3.63) is 93.3 Å². The molecular formula is C35H36ClNO4. The van der Waals surface area contributed by atoms with Gasteiger partial charge in [0.15, 0.2) is 23.1 Å². The van der Waals surface area contributed by atoms with Crippen LogP contribution in [0.5, 0.6) is 11.5 Å². The van der Waals surface area contributed by atoms with E-state index in [1.54, 1.807) is 7.11 Å². The number of hydrogen-bond donors (Lipinski definition) is 1. The fourth-order valence-corrected chi connectivity index (χ4v) is 7.11. The van der Waals surface area contributed by atoms with Gasteiger partial charge in [0.25, 0.3) is 0 Å². The van der Waals surface area contributed by atoms with E-state index >= 15 is 0 Å². The largest absolute Gasteiger partial charge is 0.493 e. The summed E-state index contributed by atoms with van der Waals surface area (Å²) in [6.45, 7) is 8.79. The number of ether oxygens (including phenoxy) is 2. The summed E-state index contributed by atoms with van der Waals surface area (Å²) in [7, 11) is 1.58. The number of methoxy groups -OCH3 is 1. The zero-order valence-corrected chi connectivity index (χ0v) is 25.1. The lowest BCUT2D eigenvalue weighted by Gasteiger charge is -2.44. The van der Waals surface area contributed by atoms with E-state index in [4.69, 9.17) is 21.1 Å². The van der Waals surface area contributed by atoms with Crippen LogP contribution >= 0.6 is 11.6 Å². The van der Waals surface area contributed by atoms with Gasteiger partial charge in [0.2, 0.25) is 0 Å². The highest BCUT2D eigenvalue weighted by Crippen LogP contribution is 2.52. The summed E-state index contributed by atoms with van der Waals surface area (Å²) in [5, 5.41) is 6.21. The Labute approximate surface area is 246 Å². The van der Waals surface area contributed by atoms with E-state index < -0.39 is 5.92 Å². The van der Waals surface area contributed by atoms with Gasteiger partial charge < -0.3 is 14.8 Å². The van der Waals surface area contributed by atoms with Gasteiger partial charge in [-0.05, 0) is 57.7 Å². The molecule has 0 aromatic heterocycles. The number of allylic oxidation sites excluding steroid dienone is 4. The molecule has 0 atom stereocenters. The summed E-state index contributed by atoms with van der Waals surface area (Å²) in [6.07, 6.45) is 2.35. The second kappa shape index (κ2) is 10.1. The molecule has 212 valence electrons. The summed E-state index contributed by atoms with van der Waals surface area (Å²) in [6, 6.07) is 18.0. The monoisotopic (exact) mass is 569 g/mol. The van der Waals surface area contributed by atoms with Gasteiger partial charge in [0, 0.05) is 41.3 Å². The molecule has 0 radical (unpaired) electrons. The van der Waals surface area contributed by atoms with Crippen molar-refractivity contribution in [2.75, 3.05) is 7.11 Å². The van der Waals surface area contributed by atoms with Gasteiger partial charge in [0.05, 0.1) is 12.1 Å². The van der Waals surface area contributed by atoms with Crippen LogP contribution in [0.3, 0.4) is 0 Å². The van der Waals surface area contributed by atoms with Crippen LogP contribution in [0.4, 0.5) is 0 Å². The first kappa shape index (κ1) is 27.6. The van der Waals surface area contributed by atoms with E-state index in [1.807, 2.05) is 36.4 Å². The van der Waals surface area contributed by atoms with E-state index in [0.717, 1.165) is 46.1 Å². The Bertz CT molecular complexity index is 1600. The summed E-state index contributed by atoms with van der Waals surface area (Å²) >= 11 is 6.91. The number of halogens is 1. The number of dihydropyridines is 1. The highest BCUT2D eigenvalue weighted by atomic mass is 35.5. The highest BCUT2D eigenvalue weighted by Gasteiger charge is 2.46. The van der Waals surface area contributed by atoms with Crippen molar-refractivity contribution in [2.45, 2.75) is 65.9 Å². The average Bonchev–Trinajstić information content (AvgIpc) is 2.89. The van der Waals surface area contributed by atoms with E-state index in [0.29, 0.717) is 47.1 Å². The standard InChI is InChI=1S/C35H36ClNO4/c1-34(2)15-25-31(27(38)17-34)30(32-26(37-25)16-35(3,4)18-28(32)39)22-13-24(36)33(29(14-22)40-5)41-19-21-11-8-10-20-9-6-7-12-23(20)21/h6-14,30,37H,15-19H2,1-5H3. The molecule has 0 unspecified atom stereocenters. The van der Waals surface area contributed by atoms with Crippen LogP contribution < -0.4 is 14.8 Å². The van der Waals surface area contributed by atoms with Crippen molar-refractivity contribution in [2.24, 2.45) is 10.8 Å². The molecule has 3 aromatic carbocycles. The minimum atomic E-state index is -0.494. The Morgan fingerprint density at radius 1 is 0.854 bits per heavy atom. The summed E-state index contributed by atoms with van der Waals surface area (Å²) in [5.41, 5.74) is 4.70. The maximum Gasteiger partial charge on any atom is 0.180 e. The molecule has 3 aliphatic rings. The molecule has 5 nitrogen and oxygen atoms in total. The molecule has 0 spiro atoms. The summed E-state index contributed by atoms with van der Waals surface area (Å²) < 4.78 is 12.1. The molecule has 0 fully saturated rings. The molecule has 3 aromatic rings. The molecule has 1 aliphatic heterocycles. The van der Waals surface area contributed by atoms with Crippen LogP contribution in [-0.2, 0) is 16.2 Å². The van der Waals surface area contributed by atoms with Gasteiger partial charge in [-0.2, -0.15) is 0 Å². The van der Waals surface area contributed by atoms with Gasteiger partial charge in [-0.15, -0.1) is 0 Å². The smallest absolute Gasteiger partial charge is 0.180 e. The Kier molecular flexibility index (Phi) is 6.77. The number of ketones is 2. The number of benzene rings is 3. The molecule has 41 heavy (non-hydrogen) atoms. The molecule has 1 heterocycles. The number of hydrogen-bond acceptors (Lipinski definition) is 5. The zero-order chi connectivity index (χ0) is 29.1. The van der Waals surface area contributed by atoms with Crippen LogP contribution in [0.1, 0.15) is 70.4 Å². The number of fused-ring (bicyclic) bond motifs is 1. The lowest BCUT2D eigenvalue weighted by Crippen LogP contribution is -2.42. The topological polar surface area (TPSA) is 64.6 Å². The second-order valence-corrected chi connectivity index (χ2v) is 13.6. The third-order valence-electron chi connectivity index (χ3n) is 8.56. The first-order chi connectivity index (χ1) is 19.5. The number of carbonyl (C=O) groups is 2. The molecule has 6 heteroatoms. The predicted octanol–water partition coefficient (Wildman–Crippen LogP) is 8.05. The molecule has 6 rings (SSSR count). The van der Waals surface area contributed by atoms with E-state index in [-0.39, 0.29) is 22.4 Å². The molecule has 0 bridgehead atoms. The molecule has 0 amide bonds. The highest BCUT2D eigenvalue weighted by molar-refractivity contribution is 6.32. The van der Waals surface area contributed by atoms with Crippen molar-refractivity contribution in [1.29, 1.82) is 0 Å². The van der Waals surface area contributed by atoms with E-state index in [9.17, 15) is 9.59 Å². The predicted molar refractivity (Wildman–Crippen MR) is 162 cm³/mol. The average molecular weight is 570 g/mol. The van der Waals surface area contributed by atoms with Gasteiger partial charge in [-0.25, -0.2) is 0 Å². The van der Waals surface area contributed by atoms with Gasteiger partial charge in [0.1, 0.15) is 6.61 Å². The third-order valence-corrected chi connectivity index (χ3v) is 8.84. The Morgan fingerprint density at radius 3 is 2.10 bits per heavy atom. The fourth-order valence-electron chi connectivity index (χ4n) is 6.84. The Balaban J connectivity index is 1.42. The minimum absolute atomic E-state index is 0.0734. The van der Waals surface area contributed by atoms with Crippen molar-refractivity contribution < 1.29 is 19.1 Å². The van der Waals surface area contributed by atoms with Gasteiger partial charge >= 0.3 is 0 Å². The minimum Gasteiger partial charge on any atom is -0.493 e. The van der Waals surface area contributed by atoms with E-state index in [2.05, 4.69) is 51.2 Å². The Morgan fingerprint density at radius 2 is 1.46 bits per heavy atom. The van der Waals surface area contributed by atoms with Crippen LogP contribution in [0.2, 0.25) is 5.02 Å².